The number of benzene rings is 2. The zero-order valence-corrected chi connectivity index (χ0v) is 15.8. The fourth-order valence-electron chi connectivity index (χ4n) is 2.93. The van der Waals surface area contributed by atoms with E-state index in [1.807, 2.05) is 35.9 Å². The van der Waals surface area contributed by atoms with Crippen LogP contribution in [0, 0.1) is 24.4 Å². The van der Waals surface area contributed by atoms with Crippen LogP contribution in [-0.2, 0) is 6.61 Å². The zero-order chi connectivity index (χ0) is 21.3. The lowest BCUT2D eigenvalue weighted by molar-refractivity contribution is 0.102. The number of pyridine rings is 1. The van der Waals surface area contributed by atoms with Crippen molar-refractivity contribution in [3.8, 4) is 5.75 Å². The molecule has 5 nitrogen and oxygen atoms in total. The van der Waals surface area contributed by atoms with E-state index in [1.54, 1.807) is 12.1 Å². The Bertz CT molecular complexity index is 1250. The number of halogens is 3. The average molecular weight is 411 g/mol. The summed E-state index contributed by atoms with van der Waals surface area (Å²) in [5, 5.41) is 2.23. The van der Waals surface area contributed by atoms with Crippen molar-refractivity contribution in [3.05, 3.63) is 95.2 Å². The summed E-state index contributed by atoms with van der Waals surface area (Å²) in [6, 6.07) is 11.8. The maximum absolute atomic E-state index is 13.8. The van der Waals surface area contributed by atoms with Crippen LogP contribution in [0.4, 0.5) is 18.9 Å². The molecule has 0 saturated carbocycles. The first kappa shape index (κ1) is 19.5. The van der Waals surface area contributed by atoms with Crippen molar-refractivity contribution < 1.29 is 22.7 Å². The Morgan fingerprint density at radius 3 is 2.73 bits per heavy atom. The number of carbonyl (C=O) groups is 1. The summed E-state index contributed by atoms with van der Waals surface area (Å²) in [5.41, 5.74) is 2.32. The summed E-state index contributed by atoms with van der Waals surface area (Å²) in [6.45, 7) is 2.17. The Morgan fingerprint density at radius 1 is 1.07 bits per heavy atom. The van der Waals surface area contributed by atoms with Gasteiger partial charge in [0.25, 0.3) is 5.91 Å². The monoisotopic (exact) mass is 411 g/mol. The van der Waals surface area contributed by atoms with E-state index in [0.717, 1.165) is 23.3 Å². The molecule has 4 aromatic rings. The first-order valence-electron chi connectivity index (χ1n) is 9.02. The minimum atomic E-state index is -1.65. The van der Waals surface area contributed by atoms with Gasteiger partial charge in [0.1, 0.15) is 18.0 Å². The van der Waals surface area contributed by atoms with Gasteiger partial charge in [-0.2, -0.15) is 0 Å². The normalized spacial score (nSPS) is 10.9. The molecule has 4 rings (SSSR count). The van der Waals surface area contributed by atoms with E-state index in [4.69, 9.17) is 4.74 Å². The smallest absolute Gasteiger partial charge is 0.255 e. The maximum Gasteiger partial charge on any atom is 0.255 e. The molecule has 1 N–H and O–H groups in total. The molecule has 0 aliphatic rings. The molecular formula is C22H16F3N3O2. The van der Waals surface area contributed by atoms with Gasteiger partial charge in [0.15, 0.2) is 17.5 Å². The quantitative estimate of drug-likeness (QED) is 0.476. The molecule has 0 atom stereocenters. The molecule has 0 fully saturated rings. The molecule has 0 radical (unpaired) electrons. The minimum absolute atomic E-state index is 0.169. The van der Waals surface area contributed by atoms with E-state index in [-0.39, 0.29) is 12.2 Å². The van der Waals surface area contributed by atoms with Crippen LogP contribution in [0.2, 0.25) is 0 Å². The molecule has 0 aliphatic heterocycles. The molecule has 1 amide bonds. The molecule has 2 heterocycles. The van der Waals surface area contributed by atoms with Crippen molar-refractivity contribution in [2.45, 2.75) is 13.5 Å². The summed E-state index contributed by atoms with van der Waals surface area (Å²) in [5.74, 6) is -4.72. The third-order valence-corrected chi connectivity index (χ3v) is 4.42. The summed E-state index contributed by atoms with van der Waals surface area (Å²) >= 11 is 0. The molecule has 30 heavy (non-hydrogen) atoms. The zero-order valence-electron chi connectivity index (χ0n) is 15.8. The van der Waals surface area contributed by atoms with Crippen molar-refractivity contribution >= 4 is 17.2 Å². The van der Waals surface area contributed by atoms with Crippen molar-refractivity contribution in [3.63, 3.8) is 0 Å². The molecule has 2 aromatic carbocycles. The second-order valence-corrected chi connectivity index (χ2v) is 6.70. The lowest BCUT2D eigenvalue weighted by Crippen LogP contribution is -2.14. The fraction of sp³-hybridized carbons (Fsp3) is 0.0909. The number of anilines is 1. The summed E-state index contributed by atoms with van der Waals surface area (Å²) in [4.78, 5) is 16.8. The number of ether oxygens (including phenoxy) is 1. The van der Waals surface area contributed by atoms with Gasteiger partial charge in [0.2, 0.25) is 0 Å². The molecular weight excluding hydrogens is 395 g/mol. The van der Waals surface area contributed by atoms with Crippen LogP contribution in [0.1, 0.15) is 21.6 Å². The Balaban J connectivity index is 1.46. The maximum atomic E-state index is 13.8. The van der Waals surface area contributed by atoms with Crippen molar-refractivity contribution in [1.29, 1.82) is 0 Å². The van der Waals surface area contributed by atoms with E-state index in [1.165, 1.54) is 12.1 Å². The number of nitrogens with one attached hydrogen (secondary N) is 1. The van der Waals surface area contributed by atoms with E-state index >= 15 is 0 Å². The van der Waals surface area contributed by atoms with Gasteiger partial charge in [-0.15, -0.1) is 0 Å². The molecule has 2 aromatic heterocycles. The highest BCUT2D eigenvalue weighted by Crippen LogP contribution is 2.21. The van der Waals surface area contributed by atoms with Crippen molar-refractivity contribution in [2.24, 2.45) is 0 Å². The lowest BCUT2D eigenvalue weighted by Gasteiger charge is -2.09. The number of rotatable bonds is 5. The molecule has 0 aliphatic carbocycles. The average Bonchev–Trinajstić information content (AvgIpc) is 3.15. The Hall–Kier alpha value is -3.81. The Labute approximate surface area is 169 Å². The SMILES string of the molecule is Cc1ccc2nc(COc3cccc(C(=O)Nc4ccc(F)c(F)c4F)c3)cn2c1. The number of hydrogen-bond acceptors (Lipinski definition) is 3. The first-order valence-corrected chi connectivity index (χ1v) is 9.02. The number of aromatic nitrogens is 2. The number of aryl methyl sites for hydroxylation is 1. The molecule has 152 valence electrons. The second-order valence-electron chi connectivity index (χ2n) is 6.70. The predicted molar refractivity (Wildman–Crippen MR) is 105 cm³/mol. The van der Waals surface area contributed by atoms with Crippen molar-refractivity contribution in [1.82, 2.24) is 9.38 Å². The summed E-state index contributed by atoms with van der Waals surface area (Å²) < 4.78 is 47.8. The van der Waals surface area contributed by atoms with Crippen LogP contribution < -0.4 is 10.1 Å². The van der Waals surface area contributed by atoms with Gasteiger partial charge in [-0.05, 0) is 48.9 Å². The first-order chi connectivity index (χ1) is 14.4. The Morgan fingerprint density at radius 2 is 1.90 bits per heavy atom. The van der Waals surface area contributed by atoms with Crippen LogP contribution in [0.3, 0.4) is 0 Å². The molecule has 0 bridgehead atoms. The van der Waals surface area contributed by atoms with Gasteiger partial charge in [-0.25, -0.2) is 18.2 Å². The van der Waals surface area contributed by atoms with E-state index in [9.17, 15) is 18.0 Å². The van der Waals surface area contributed by atoms with Gasteiger partial charge in [-0.3, -0.25) is 4.79 Å². The van der Waals surface area contributed by atoms with Crippen LogP contribution in [0.5, 0.6) is 5.75 Å². The van der Waals surface area contributed by atoms with Gasteiger partial charge in [0.05, 0.1) is 11.4 Å². The van der Waals surface area contributed by atoms with Gasteiger partial charge >= 0.3 is 0 Å². The highest BCUT2D eigenvalue weighted by molar-refractivity contribution is 6.04. The van der Waals surface area contributed by atoms with Gasteiger partial charge in [0, 0.05) is 18.0 Å². The van der Waals surface area contributed by atoms with E-state index in [2.05, 4.69) is 10.3 Å². The van der Waals surface area contributed by atoms with Crippen LogP contribution >= 0.6 is 0 Å². The number of carbonyl (C=O) groups excluding carboxylic acids is 1. The third-order valence-electron chi connectivity index (χ3n) is 4.42. The molecule has 0 unspecified atom stereocenters. The molecule has 0 spiro atoms. The lowest BCUT2D eigenvalue weighted by atomic mass is 10.2. The number of imidazole rings is 1. The number of fused-ring (bicyclic) bond motifs is 1. The van der Waals surface area contributed by atoms with Crippen LogP contribution in [0.15, 0.2) is 60.9 Å². The van der Waals surface area contributed by atoms with Crippen molar-refractivity contribution in [2.75, 3.05) is 5.32 Å². The number of amides is 1. The van der Waals surface area contributed by atoms with Gasteiger partial charge < -0.3 is 14.5 Å². The third kappa shape index (κ3) is 3.98. The predicted octanol–water partition coefficient (Wildman–Crippen LogP) is 4.89. The largest absolute Gasteiger partial charge is 0.487 e. The molecule has 8 heteroatoms. The highest BCUT2D eigenvalue weighted by Gasteiger charge is 2.16. The fourth-order valence-corrected chi connectivity index (χ4v) is 2.93. The minimum Gasteiger partial charge on any atom is -0.487 e. The topological polar surface area (TPSA) is 55.6 Å². The standard InChI is InChI=1S/C22H16F3N3O2/c1-13-5-8-19-26-15(11-28(19)10-13)12-30-16-4-2-3-14(9-16)22(29)27-18-7-6-17(23)20(24)21(18)25/h2-11H,12H2,1H3,(H,27,29). The van der Waals surface area contributed by atoms with E-state index < -0.39 is 29.0 Å². The number of hydrogen-bond donors (Lipinski definition) is 1. The van der Waals surface area contributed by atoms with Gasteiger partial charge in [-0.1, -0.05) is 12.1 Å². The van der Waals surface area contributed by atoms with Crippen LogP contribution in [0.25, 0.3) is 5.65 Å². The summed E-state index contributed by atoms with van der Waals surface area (Å²) in [6.07, 6.45) is 3.80. The van der Waals surface area contributed by atoms with Crippen LogP contribution in [-0.4, -0.2) is 15.3 Å². The highest BCUT2D eigenvalue weighted by atomic mass is 19.2. The van der Waals surface area contributed by atoms with E-state index in [0.29, 0.717) is 11.4 Å². The summed E-state index contributed by atoms with van der Waals surface area (Å²) in [7, 11) is 0. The molecule has 0 saturated heterocycles. The second kappa shape index (κ2) is 7.90. The Kier molecular flexibility index (Phi) is 5.14. The number of nitrogens with zero attached hydrogens (tertiary/aromatic N) is 2.